The summed E-state index contributed by atoms with van der Waals surface area (Å²) in [6, 6.07) is 19.0. The van der Waals surface area contributed by atoms with Crippen LogP contribution in [-0.2, 0) is 13.0 Å². The normalized spacial score (nSPS) is 12.9. The molecule has 0 atom stereocenters. The number of rotatable bonds is 4. The minimum absolute atomic E-state index is 0.0759. The fraction of sp³-hybridized carbons (Fsp3) is 0.120. The van der Waals surface area contributed by atoms with Gasteiger partial charge in [0.2, 0.25) is 0 Å². The number of nitrogens with zero attached hydrogens (tertiary/aromatic N) is 2. The maximum absolute atomic E-state index is 13.3. The van der Waals surface area contributed by atoms with Gasteiger partial charge in [0, 0.05) is 30.2 Å². The lowest BCUT2D eigenvalue weighted by Crippen LogP contribution is -2.35. The van der Waals surface area contributed by atoms with Gasteiger partial charge in [-0.25, -0.2) is 0 Å². The van der Waals surface area contributed by atoms with E-state index in [1.807, 2.05) is 30.3 Å². The molecule has 0 aliphatic carbocycles. The molecule has 8 heteroatoms. The van der Waals surface area contributed by atoms with Crippen molar-refractivity contribution in [3.63, 3.8) is 0 Å². The predicted molar refractivity (Wildman–Crippen MR) is 122 cm³/mol. The van der Waals surface area contributed by atoms with Crippen molar-refractivity contribution in [1.82, 2.24) is 10.1 Å². The van der Waals surface area contributed by atoms with E-state index in [1.54, 1.807) is 29.2 Å². The molecule has 1 aromatic heterocycles. The van der Waals surface area contributed by atoms with Crippen LogP contribution in [0.2, 0.25) is 5.02 Å². The molecule has 1 aliphatic heterocycles. The SMILES string of the molecule is O=C(c1cccc(Oc2ccccc2)c1)N1CCc2noc(-c3cc(Cl)c(O)cc3O)c2C1. The van der Waals surface area contributed by atoms with Crippen molar-refractivity contribution in [3.05, 3.63) is 88.6 Å². The molecule has 0 radical (unpaired) electrons. The lowest BCUT2D eigenvalue weighted by Gasteiger charge is -2.26. The first-order chi connectivity index (χ1) is 16.0. The highest BCUT2D eigenvalue weighted by atomic mass is 35.5. The smallest absolute Gasteiger partial charge is 0.254 e. The summed E-state index contributed by atoms with van der Waals surface area (Å²) in [7, 11) is 0. The number of hydrogen-bond acceptors (Lipinski definition) is 6. The second kappa shape index (κ2) is 8.52. The summed E-state index contributed by atoms with van der Waals surface area (Å²) in [6.07, 6.45) is 0.511. The molecule has 4 aromatic rings. The van der Waals surface area contributed by atoms with E-state index in [9.17, 15) is 15.0 Å². The number of hydrogen-bond donors (Lipinski definition) is 2. The molecule has 7 nitrogen and oxygen atoms in total. The molecule has 166 valence electrons. The molecule has 2 heterocycles. The number of carbonyl (C=O) groups is 1. The van der Waals surface area contributed by atoms with Crippen LogP contribution >= 0.6 is 11.6 Å². The molecular weight excluding hydrogens is 444 g/mol. The van der Waals surface area contributed by atoms with Crippen LogP contribution in [0.1, 0.15) is 21.6 Å². The third-order valence-corrected chi connectivity index (χ3v) is 5.80. The largest absolute Gasteiger partial charge is 0.507 e. The average molecular weight is 463 g/mol. The number of aromatic nitrogens is 1. The molecule has 33 heavy (non-hydrogen) atoms. The van der Waals surface area contributed by atoms with Gasteiger partial charge in [-0.2, -0.15) is 0 Å². The Kier molecular flexibility index (Phi) is 5.40. The van der Waals surface area contributed by atoms with Crippen LogP contribution < -0.4 is 4.74 Å². The second-order valence-corrected chi connectivity index (χ2v) is 8.08. The van der Waals surface area contributed by atoms with E-state index in [0.717, 1.165) is 11.8 Å². The Labute approximate surface area is 194 Å². The summed E-state index contributed by atoms with van der Waals surface area (Å²) in [4.78, 5) is 15.0. The van der Waals surface area contributed by atoms with Gasteiger partial charge >= 0.3 is 0 Å². The molecule has 0 unspecified atom stereocenters. The molecule has 0 saturated carbocycles. The minimum atomic E-state index is -0.235. The maximum atomic E-state index is 13.3. The van der Waals surface area contributed by atoms with Crippen LogP contribution in [0.25, 0.3) is 11.3 Å². The predicted octanol–water partition coefficient (Wildman–Crippen LogP) is 5.40. The summed E-state index contributed by atoms with van der Waals surface area (Å²) in [5.74, 6) is 0.998. The Bertz CT molecular complexity index is 1340. The van der Waals surface area contributed by atoms with E-state index in [2.05, 4.69) is 5.16 Å². The Morgan fingerprint density at radius 1 is 1.00 bits per heavy atom. The van der Waals surface area contributed by atoms with E-state index >= 15 is 0 Å². The summed E-state index contributed by atoms with van der Waals surface area (Å²) in [6.45, 7) is 0.735. The van der Waals surface area contributed by atoms with Crippen molar-refractivity contribution in [1.29, 1.82) is 0 Å². The van der Waals surface area contributed by atoms with Crippen LogP contribution in [0.3, 0.4) is 0 Å². The number of ether oxygens (including phenoxy) is 1. The third-order valence-electron chi connectivity index (χ3n) is 5.49. The maximum Gasteiger partial charge on any atom is 0.254 e. The van der Waals surface area contributed by atoms with E-state index in [0.29, 0.717) is 46.9 Å². The van der Waals surface area contributed by atoms with Gasteiger partial charge in [-0.15, -0.1) is 0 Å². The first kappa shape index (κ1) is 20.9. The van der Waals surface area contributed by atoms with Gasteiger partial charge < -0.3 is 24.4 Å². The van der Waals surface area contributed by atoms with E-state index in [1.165, 1.54) is 6.07 Å². The average Bonchev–Trinajstić information content (AvgIpc) is 3.25. The van der Waals surface area contributed by atoms with Crippen LogP contribution in [0.4, 0.5) is 0 Å². The summed E-state index contributed by atoms with van der Waals surface area (Å²) in [5, 5.41) is 24.2. The molecule has 0 saturated heterocycles. The highest BCUT2D eigenvalue weighted by molar-refractivity contribution is 6.32. The number of carbonyl (C=O) groups excluding carboxylic acids is 1. The monoisotopic (exact) mass is 462 g/mol. The van der Waals surface area contributed by atoms with Crippen LogP contribution in [0, 0.1) is 0 Å². The van der Waals surface area contributed by atoms with Gasteiger partial charge in [-0.1, -0.05) is 41.0 Å². The quantitative estimate of drug-likeness (QED) is 0.421. The molecule has 1 aliphatic rings. The molecule has 5 rings (SSSR count). The summed E-state index contributed by atoms with van der Waals surface area (Å²) >= 11 is 6.02. The number of phenolic OH excluding ortho intramolecular Hbond substituents is 2. The summed E-state index contributed by atoms with van der Waals surface area (Å²) in [5.41, 5.74) is 2.22. The lowest BCUT2D eigenvalue weighted by atomic mass is 10.00. The van der Waals surface area contributed by atoms with Crippen molar-refractivity contribution in [3.8, 4) is 34.3 Å². The molecule has 3 aromatic carbocycles. The Balaban J connectivity index is 1.40. The fourth-order valence-corrected chi connectivity index (χ4v) is 3.99. The number of amides is 1. The fourth-order valence-electron chi connectivity index (χ4n) is 3.83. The third kappa shape index (κ3) is 4.10. The van der Waals surface area contributed by atoms with E-state index in [-0.39, 0.29) is 29.0 Å². The zero-order valence-corrected chi connectivity index (χ0v) is 18.1. The highest BCUT2D eigenvalue weighted by Crippen LogP contribution is 2.40. The van der Waals surface area contributed by atoms with Gasteiger partial charge in [0.1, 0.15) is 23.0 Å². The number of aromatic hydroxyl groups is 2. The van der Waals surface area contributed by atoms with Gasteiger partial charge in [0.05, 0.1) is 22.8 Å². The molecule has 0 bridgehead atoms. The molecule has 2 N–H and O–H groups in total. The van der Waals surface area contributed by atoms with Crippen molar-refractivity contribution in [2.75, 3.05) is 6.54 Å². The zero-order valence-electron chi connectivity index (χ0n) is 17.4. The van der Waals surface area contributed by atoms with Gasteiger partial charge in [-0.05, 0) is 36.4 Å². The van der Waals surface area contributed by atoms with E-state index in [4.69, 9.17) is 20.9 Å². The molecule has 0 spiro atoms. The van der Waals surface area contributed by atoms with Crippen LogP contribution in [0.5, 0.6) is 23.0 Å². The number of benzene rings is 3. The first-order valence-corrected chi connectivity index (χ1v) is 10.7. The van der Waals surface area contributed by atoms with Gasteiger partial charge in [-0.3, -0.25) is 4.79 Å². The van der Waals surface area contributed by atoms with E-state index < -0.39 is 0 Å². The number of phenols is 2. The van der Waals surface area contributed by atoms with Crippen LogP contribution in [-0.4, -0.2) is 32.7 Å². The van der Waals surface area contributed by atoms with Gasteiger partial charge in [0.25, 0.3) is 5.91 Å². The zero-order chi connectivity index (χ0) is 22.9. The Morgan fingerprint density at radius 2 is 1.79 bits per heavy atom. The number of halogens is 1. The Morgan fingerprint density at radius 3 is 2.61 bits per heavy atom. The summed E-state index contributed by atoms with van der Waals surface area (Å²) < 4.78 is 11.3. The second-order valence-electron chi connectivity index (χ2n) is 7.68. The number of fused-ring (bicyclic) bond motifs is 1. The van der Waals surface area contributed by atoms with Crippen molar-refractivity contribution in [2.24, 2.45) is 0 Å². The van der Waals surface area contributed by atoms with Crippen molar-refractivity contribution < 1.29 is 24.3 Å². The minimum Gasteiger partial charge on any atom is -0.507 e. The number of para-hydroxylation sites is 1. The topological polar surface area (TPSA) is 96.0 Å². The lowest BCUT2D eigenvalue weighted by molar-refractivity contribution is 0.0734. The van der Waals surface area contributed by atoms with Gasteiger partial charge in [0.15, 0.2) is 5.76 Å². The standard InChI is InChI=1S/C25H19ClN2O5/c26-20-12-18(22(29)13-23(20)30)24-19-14-28(10-9-21(19)27-33-24)25(31)15-5-4-8-17(11-15)32-16-6-2-1-3-7-16/h1-8,11-13,29-30H,9-10,14H2. The van der Waals surface area contributed by atoms with Crippen molar-refractivity contribution in [2.45, 2.75) is 13.0 Å². The first-order valence-electron chi connectivity index (χ1n) is 10.3. The highest BCUT2D eigenvalue weighted by Gasteiger charge is 2.29. The van der Waals surface area contributed by atoms with Crippen LogP contribution in [0.15, 0.2) is 71.3 Å². The van der Waals surface area contributed by atoms with Crippen molar-refractivity contribution >= 4 is 17.5 Å². The molecule has 1 amide bonds. The molecular formula is C25H19ClN2O5. The molecule has 0 fully saturated rings. The Hall–Kier alpha value is -3.97.